The van der Waals surface area contributed by atoms with Crippen LogP contribution in [0.25, 0.3) is 11.5 Å². The Hall–Kier alpha value is -2.17. The van der Waals surface area contributed by atoms with Crippen LogP contribution in [0.3, 0.4) is 0 Å². The van der Waals surface area contributed by atoms with Gasteiger partial charge < -0.3 is 9.88 Å². The Morgan fingerprint density at radius 2 is 2.35 bits per heavy atom. The molecule has 1 N–H and O–H groups in total. The number of aromatic nitrogens is 3. The number of rotatable bonds is 2. The Morgan fingerprint density at radius 3 is 3.12 bits per heavy atom. The molecule has 0 unspecified atom stereocenters. The maximum Gasteiger partial charge on any atom is 0.172 e. The Kier molecular flexibility index (Phi) is 2.36. The molecule has 0 aromatic carbocycles. The molecule has 5 heteroatoms. The zero-order chi connectivity index (χ0) is 11.7. The highest BCUT2D eigenvalue weighted by atomic mass is 16.1. The van der Waals surface area contributed by atoms with Gasteiger partial charge in [0.15, 0.2) is 12.1 Å². The molecule has 0 saturated heterocycles. The smallest absolute Gasteiger partial charge is 0.172 e. The molecule has 2 aromatic rings. The summed E-state index contributed by atoms with van der Waals surface area (Å²) in [5, 5.41) is 3.21. The predicted molar refractivity (Wildman–Crippen MR) is 64.0 cm³/mol. The van der Waals surface area contributed by atoms with Crippen molar-refractivity contribution in [3.63, 3.8) is 0 Å². The van der Waals surface area contributed by atoms with Gasteiger partial charge in [-0.15, -0.1) is 0 Å². The number of nitrogens with zero attached hydrogens (tertiary/aromatic N) is 3. The third kappa shape index (κ3) is 1.60. The van der Waals surface area contributed by atoms with E-state index < -0.39 is 0 Å². The van der Waals surface area contributed by atoms with E-state index in [9.17, 15) is 4.79 Å². The third-order valence-electron chi connectivity index (χ3n) is 2.85. The van der Waals surface area contributed by atoms with E-state index in [0.717, 1.165) is 43.1 Å². The molecule has 5 nitrogen and oxygen atoms in total. The van der Waals surface area contributed by atoms with Crippen molar-refractivity contribution in [2.24, 2.45) is 0 Å². The van der Waals surface area contributed by atoms with Crippen molar-refractivity contribution in [1.82, 2.24) is 14.5 Å². The number of fused-ring (bicyclic) bond motifs is 1. The molecule has 0 radical (unpaired) electrons. The largest absolute Gasteiger partial charge is 0.369 e. The summed E-state index contributed by atoms with van der Waals surface area (Å²) in [5.41, 5.74) is 1.26. The fourth-order valence-corrected chi connectivity index (χ4v) is 2.09. The van der Waals surface area contributed by atoms with Crippen molar-refractivity contribution in [1.29, 1.82) is 0 Å². The molecule has 0 amide bonds. The average Bonchev–Trinajstić information content (AvgIpc) is 2.78. The Labute approximate surface area is 98.5 Å². The van der Waals surface area contributed by atoms with Gasteiger partial charge in [-0.05, 0) is 18.6 Å². The molecule has 0 aliphatic carbocycles. The quantitative estimate of drug-likeness (QED) is 0.793. The van der Waals surface area contributed by atoms with E-state index in [2.05, 4.69) is 15.3 Å². The summed E-state index contributed by atoms with van der Waals surface area (Å²) < 4.78 is 2.02. The first-order valence-corrected chi connectivity index (χ1v) is 5.61. The van der Waals surface area contributed by atoms with Crippen molar-refractivity contribution in [2.75, 3.05) is 11.9 Å². The highest BCUT2D eigenvalue weighted by molar-refractivity contribution is 5.82. The van der Waals surface area contributed by atoms with Gasteiger partial charge in [0.2, 0.25) is 0 Å². The molecule has 1 aliphatic heterocycles. The lowest BCUT2D eigenvalue weighted by molar-refractivity contribution is 0.112. The van der Waals surface area contributed by atoms with Gasteiger partial charge in [0.25, 0.3) is 0 Å². The van der Waals surface area contributed by atoms with Gasteiger partial charge >= 0.3 is 0 Å². The highest BCUT2D eigenvalue weighted by Gasteiger charge is 2.20. The summed E-state index contributed by atoms with van der Waals surface area (Å²) >= 11 is 0. The zero-order valence-electron chi connectivity index (χ0n) is 9.26. The first-order valence-electron chi connectivity index (χ1n) is 5.61. The van der Waals surface area contributed by atoms with Crippen LogP contribution in [-0.2, 0) is 6.54 Å². The molecule has 0 spiro atoms. The minimum Gasteiger partial charge on any atom is -0.369 e. The topological polar surface area (TPSA) is 59.8 Å². The van der Waals surface area contributed by atoms with Crippen LogP contribution >= 0.6 is 0 Å². The average molecular weight is 228 g/mol. The van der Waals surface area contributed by atoms with Gasteiger partial charge in [0.05, 0.1) is 0 Å². The summed E-state index contributed by atoms with van der Waals surface area (Å²) in [5.74, 6) is 1.57. The molecule has 2 aromatic heterocycles. The molecule has 1 aliphatic rings. The summed E-state index contributed by atoms with van der Waals surface area (Å²) in [4.78, 5) is 19.6. The van der Waals surface area contributed by atoms with Crippen molar-refractivity contribution in [2.45, 2.75) is 13.0 Å². The molecule has 86 valence electrons. The number of carbonyl (C=O) groups excluding carboxylic acids is 1. The molecule has 3 heterocycles. The van der Waals surface area contributed by atoms with E-state index in [1.807, 2.05) is 22.8 Å². The van der Waals surface area contributed by atoms with Crippen LogP contribution in [0.4, 0.5) is 5.82 Å². The fraction of sp³-hybridized carbons (Fsp3) is 0.250. The Bertz CT molecular complexity index is 547. The number of imidazole rings is 1. The molecule has 3 rings (SSSR count). The van der Waals surface area contributed by atoms with Crippen molar-refractivity contribution in [3.05, 3.63) is 30.1 Å². The number of anilines is 1. The van der Waals surface area contributed by atoms with E-state index in [4.69, 9.17) is 0 Å². The van der Waals surface area contributed by atoms with E-state index in [-0.39, 0.29) is 0 Å². The highest BCUT2D eigenvalue weighted by Crippen LogP contribution is 2.26. The van der Waals surface area contributed by atoms with Gasteiger partial charge in [-0.1, -0.05) is 6.07 Å². The molecular weight excluding hydrogens is 216 g/mol. The van der Waals surface area contributed by atoms with Crippen molar-refractivity contribution < 1.29 is 4.79 Å². The lowest BCUT2D eigenvalue weighted by atomic mass is 10.3. The minimum atomic E-state index is 0.463. The van der Waals surface area contributed by atoms with Crippen LogP contribution in [0.5, 0.6) is 0 Å². The number of carbonyl (C=O) groups is 1. The first-order chi connectivity index (χ1) is 8.40. The lowest BCUT2D eigenvalue weighted by Gasteiger charge is -2.18. The van der Waals surface area contributed by atoms with Gasteiger partial charge in [-0.25, -0.2) is 4.98 Å². The summed E-state index contributed by atoms with van der Waals surface area (Å²) in [6.07, 6.45) is 3.55. The maximum absolute atomic E-state index is 11.0. The van der Waals surface area contributed by atoms with E-state index in [1.165, 1.54) is 0 Å². The van der Waals surface area contributed by atoms with Gasteiger partial charge in [-0.3, -0.25) is 9.78 Å². The van der Waals surface area contributed by atoms with Crippen LogP contribution in [0.1, 0.15) is 16.9 Å². The maximum atomic E-state index is 11.0. The van der Waals surface area contributed by atoms with Crippen molar-refractivity contribution in [3.8, 4) is 11.5 Å². The second kappa shape index (κ2) is 4.01. The minimum absolute atomic E-state index is 0.463. The molecular formula is C12H12N4O. The molecule has 0 atom stereocenters. The van der Waals surface area contributed by atoms with Gasteiger partial charge in [0, 0.05) is 19.3 Å². The van der Waals surface area contributed by atoms with Crippen molar-refractivity contribution >= 4 is 12.1 Å². The summed E-state index contributed by atoms with van der Waals surface area (Å²) in [6, 6.07) is 5.68. The number of nitrogens with one attached hydrogen (secondary N) is 1. The Balaban J connectivity index is 2.17. The predicted octanol–water partition coefficient (Wildman–Crippen LogP) is 1.57. The molecule has 0 saturated carbocycles. The van der Waals surface area contributed by atoms with Gasteiger partial charge in [0.1, 0.15) is 17.2 Å². The number of pyridine rings is 1. The number of hydrogen-bond acceptors (Lipinski definition) is 4. The monoisotopic (exact) mass is 228 g/mol. The second-order valence-electron chi connectivity index (χ2n) is 3.93. The van der Waals surface area contributed by atoms with Crippen LogP contribution < -0.4 is 5.32 Å². The van der Waals surface area contributed by atoms with Crippen LogP contribution in [0.15, 0.2) is 24.4 Å². The summed E-state index contributed by atoms with van der Waals surface area (Å²) in [7, 11) is 0. The molecule has 0 fully saturated rings. The number of hydrogen-bond donors (Lipinski definition) is 1. The first kappa shape index (κ1) is 10.0. The SMILES string of the molecule is O=Cc1nc(-c2ccccn2)n2c1NCCC2. The van der Waals surface area contributed by atoms with E-state index in [0.29, 0.717) is 5.69 Å². The number of aldehydes is 1. The van der Waals surface area contributed by atoms with E-state index in [1.54, 1.807) is 6.20 Å². The Morgan fingerprint density at radius 1 is 1.41 bits per heavy atom. The van der Waals surface area contributed by atoms with E-state index >= 15 is 0 Å². The summed E-state index contributed by atoms with van der Waals surface area (Å²) in [6.45, 7) is 1.75. The van der Waals surface area contributed by atoms with Crippen LogP contribution in [0, 0.1) is 0 Å². The fourth-order valence-electron chi connectivity index (χ4n) is 2.09. The molecule has 17 heavy (non-hydrogen) atoms. The second-order valence-corrected chi connectivity index (χ2v) is 3.93. The van der Waals surface area contributed by atoms with Gasteiger partial charge in [-0.2, -0.15) is 0 Å². The van der Waals surface area contributed by atoms with Crippen LogP contribution in [0.2, 0.25) is 0 Å². The lowest BCUT2D eigenvalue weighted by Crippen LogP contribution is -2.18. The molecule has 0 bridgehead atoms. The standard InChI is InChI=1S/C12H12N4O/c17-8-10-11-14-6-3-7-16(11)12(15-10)9-4-1-2-5-13-9/h1-2,4-5,8,14H,3,6-7H2. The zero-order valence-corrected chi connectivity index (χ0v) is 9.26. The third-order valence-corrected chi connectivity index (χ3v) is 2.85. The van der Waals surface area contributed by atoms with Crippen LogP contribution in [-0.4, -0.2) is 27.4 Å². The normalized spacial score (nSPS) is 13.9.